The zero-order valence-electron chi connectivity index (χ0n) is 13.8. The molecule has 2 rings (SSSR count). The minimum Gasteiger partial charge on any atom is -0.339 e. The molecule has 12 heteroatoms. The predicted molar refractivity (Wildman–Crippen MR) is 118 cm³/mol. The second-order valence-electron chi connectivity index (χ2n) is 5.36. The van der Waals surface area contributed by atoms with Crippen LogP contribution in [0.15, 0.2) is 53.0 Å². The Labute approximate surface area is 189 Å². The number of rotatable bonds is 5. The van der Waals surface area contributed by atoms with Gasteiger partial charge >= 0.3 is 0 Å². The molecule has 2 aromatic carbocycles. The van der Waals surface area contributed by atoms with Crippen LogP contribution in [0.4, 0.5) is 11.4 Å². The third-order valence-corrected chi connectivity index (χ3v) is 4.70. The lowest BCUT2D eigenvalue weighted by Crippen LogP contribution is -2.56. The van der Waals surface area contributed by atoms with E-state index in [1.54, 1.807) is 12.1 Å². The van der Waals surface area contributed by atoms with Crippen molar-refractivity contribution in [1.82, 2.24) is 10.6 Å². The Morgan fingerprint density at radius 3 is 2.36 bits per heavy atom. The summed E-state index contributed by atoms with van der Waals surface area (Å²) in [5.41, 5.74) is 0.467. The van der Waals surface area contributed by atoms with E-state index in [1.165, 1.54) is 18.2 Å². The number of hydrogen-bond acceptors (Lipinski definition) is 4. The van der Waals surface area contributed by atoms with E-state index in [4.69, 9.17) is 47.0 Å². The fourth-order valence-electron chi connectivity index (χ4n) is 2.01. The molecule has 0 bridgehead atoms. The Hall–Kier alpha value is -1.65. The Kier molecular flexibility index (Phi) is 7.85. The first-order chi connectivity index (χ1) is 13.1. The summed E-state index contributed by atoms with van der Waals surface area (Å²) in [5.74, 6) is -0.682. The monoisotopic (exact) mass is 524 g/mol. The first-order valence-electron chi connectivity index (χ1n) is 7.51. The van der Waals surface area contributed by atoms with Crippen LogP contribution in [0.2, 0.25) is 0 Å². The zero-order chi connectivity index (χ0) is 20.9. The quantitative estimate of drug-likeness (QED) is 0.171. The molecule has 1 atom stereocenters. The number of carbonyl (C=O) groups is 1. The van der Waals surface area contributed by atoms with Gasteiger partial charge in [0.05, 0.1) is 4.92 Å². The topological polar surface area (TPSA) is 96.3 Å². The summed E-state index contributed by atoms with van der Waals surface area (Å²) in [6.07, 6.45) is -1.21. The average molecular weight is 527 g/mol. The molecular weight excluding hydrogens is 515 g/mol. The van der Waals surface area contributed by atoms with Crippen LogP contribution in [0.25, 0.3) is 0 Å². The van der Waals surface area contributed by atoms with Crippen molar-refractivity contribution in [2.75, 3.05) is 5.32 Å². The standard InChI is InChI=1S/C16H12BrCl3N4O3S/c17-10-4-6-11(7-5-10)21-15(28)23-14(16(18,19)20)22-13(25)9-2-1-3-12(8-9)24(26)27/h1-8,14H,(H,22,25)(H2,21,23,28)/t14-/m1/s1. The molecular formula is C16H12BrCl3N4O3S. The highest BCUT2D eigenvalue weighted by Gasteiger charge is 2.35. The van der Waals surface area contributed by atoms with Gasteiger partial charge in [0.1, 0.15) is 6.17 Å². The molecule has 0 aromatic heterocycles. The van der Waals surface area contributed by atoms with E-state index in [9.17, 15) is 14.9 Å². The lowest BCUT2D eigenvalue weighted by molar-refractivity contribution is -0.384. The molecule has 0 aliphatic rings. The predicted octanol–water partition coefficient (Wildman–Crippen LogP) is 4.77. The number of amides is 1. The number of non-ortho nitro benzene ring substituents is 1. The molecule has 0 saturated carbocycles. The molecule has 2 aromatic rings. The van der Waals surface area contributed by atoms with E-state index in [1.807, 2.05) is 12.1 Å². The number of anilines is 1. The van der Waals surface area contributed by atoms with E-state index in [0.29, 0.717) is 5.69 Å². The van der Waals surface area contributed by atoms with Gasteiger partial charge in [0.2, 0.25) is 3.79 Å². The molecule has 0 aliphatic heterocycles. The summed E-state index contributed by atoms with van der Waals surface area (Å²) in [4.78, 5) is 22.7. The Morgan fingerprint density at radius 1 is 1.14 bits per heavy atom. The minimum atomic E-state index is -1.96. The summed E-state index contributed by atoms with van der Waals surface area (Å²) in [7, 11) is 0. The van der Waals surface area contributed by atoms with Crippen LogP contribution >= 0.6 is 63.0 Å². The first-order valence-corrected chi connectivity index (χ1v) is 9.85. The summed E-state index contributed by atoms with van der Waals surface area (Å²) in [5, 5.41) is 19.0. The first kappa shape index (κ1) is 22.6. The lowest BCUT2D eigenvalue weighted by atomic mass is 10.2. The van der Waals surface area contributed by atoms with Crippen LogP contribution in [-0.2, 0) is 0 Å². The van der Waals surface area contributed by atoms with Gasteiger partial charge in [-0.25, -0.2) is 0 Å². The number of alkyl halides is 3. The molecule has 0 unspecified atom stereocenters. The summed E-state index contributed by atoms with van der Waals surface area (Å²) < 4.78 is -1.07. The summed E-state index contributed by atoms with van der Waals surface area (Å²) in [6, 6.07) is 12.3. The maximum absolute atomic E-state index is 12.4. The SMILES string of the molecule is O=C(N[C@H](NC(=S)Nc1ccc(Br)cc1)C(Cl)(Cl)Cl)c1cccc([N+](=O)[O-])c1. The van der Waals surface area contributed by atoms with Crippen LogP contribution in [0.3, 0.4) is 0 Å². The highest BCUT2D eigenvalue weighted by molar-refractivity contribution is 9.10. The van der Waals surface area contributed by atoms with Gasteiger partial charge in [-0.1, -0.05) is 56.8 Å². The Balaban J connectivity index is 2.10. The number of thiocarbonyl (C=S) groups is 1. The van der Waals surface area contributed by atoms with E-state index in [-0.39, 0.29) is 16.4 Å². The van der Waals surface area contributed by atoms with Crippen molar-refractivity contribution in [2.24, 2.45) is 0 Å². The van der Waals surface area contributed by atoms with Crippen molar-refractivity contribution in [3.63, 3.8) is 0 Å². The van der Waals surface area contributed by atoms with Crippen molar-refractivity contribution < 1.29 is 9.72 Å². The van der Waals surface area contributed by atoms with Crippen molar-refractivity contribution >= 4 is 85.3 Å². The highest BCUT2D eigenvalue weighted by atomic mass is 79.9. The largest absolute Gasteiger partial charge is 0.339 e. The lowest BCUT2D eigenvalue weighted by Gasteiger charge is -2.27. The number of nitrogens with zero attached hydrogens (tertiary/aromatic N) is 1. The van der Waals surface area contributed by atoms with Gasteiger partial charge in [-0.3, -0.25) is 14.9 Å². The number of nitro benzene ring substituents is 1. The summed E-state index contributed by atoms with van der Waals surface area (Å²) in [6.45, 7) is 0. The number of hydrogen-bond donors (Lipinski definition) is 3. The third-order valence-electron chi connectivity index (χ3n) is 3.30. The van der Waals surface area contributed by atoms with Gasteiger partial charge in [0.15, 0.2) is 5.11 Å². The molecule has 0 radical (unpaired) electrons. The van der Waals surface area contributed by atoms with Crippen LogP contribution in [0.5, 0.6) is 0 Å². The number of halogens is 4. The van der Waals surface area contributed by atoms with Gasteiger partial charge in [-0.05, 0) is 42.5 Å². The molecule has 7 nitrogen and oxygen atoms in total. The number of carbonyl (C=O) groups excluding carboxylic acids is 1. The number of nitro groups is 1. The van der Waals surface area contributed by atoms with Crippen LogP contribution in [-0.4, -0.2) is 25.9 Å². The fraction of sp³-hybridized carbons (Fsp3) is 0.125. The number of nitrogens with one attached hydrogen (secondary N) is 3. The zero-order valence-corrected chi connectivity index (χ0v) is 18.5. The molecule has 148 valence electrons. The maximum atomic E-state index is 12.4. The molecule has 1 amide bonds. The number of benzene rings is 2. The van der Waals surface area contributed by atoms with Crippen LogP contribution in [0.1, 0.15) is 10.4 Å². The second-order valence-corrected chi connectivity index (χ2v) is 9.05. The second kappa shape index (κ2) is 9.71. The summed E-state index contributed by atoms with van der Waals surface area (Å²) >= 11 is 26.3. The average Bonchev–Trinajstić information content (AvgIpc) is 2.62. The van der Waals surface area contributed by atoms with Crippen molar-refractivity contribution in [1.29, 1.82) is 0 Å². The normalized spacial score (nSPS) is 12.0. The maximum Gasteiger partial charge on any atom is 0.270 e. The Bertz CT molecular complexity index is 893. The smallest absolute Gasteiger partial charge is 0.270 e. The van der Waals surface area contributed by atoms with Gasteiger partial charge in [0.25, 0.3) is 11.6 Å². The van der Waals surface area contributed by atoms with Gasteiger partial charge < -0.3 is 16.0 Å². The fourth-order valence-corrected chi connectivity index (χ4v) is 2.83. The van der Waals surface area contributed by atoms with Crippen LogP contribution < -0.4 is 16.0 Å². The molecule has 0 aliphatic carbocycles. The van der Waals surface area contributed by atoms with Gasteiger partial charge in [-0.2, -0.15) is 0 Å². The van der Waals surface area contributed by atoms with Gasteiger partial charge in [-0.15, -0.1) is 0 Å². The van der Waals surface area contributed by atoms with E-state index < -0.39 is 20.8 Å². The van der Waals surface area contributed by atoms with Crippen molar-refractivity contribution in [3.8, 4) is 0 Å². The third kappa shape index (κ3) is 6.75. The molecule has 28 heavy (non-hydrogen) atoms. The molecule has 0 saturated heterocycles. The Morgan fingerprint density at radius 2 is 1.79 bits per heavy atom. The van der Waals surface area contributed by atoms with E-state index >= 15 is 0 Å². The molecule has 0 spiro atoms. The van der Waals surface area contributed by atoms with Crippen LogP contribution in [0, 0.1) is 10.1 Å². The molecule has 0 fully saturated rings. The molecule has 3 N–H and O–H groups in total. The van der Waals surface area contributed by atoms with Crippen molar-refractivity contribution in [2.45, 2.75) is 9.96 Å². The van der Waals surface area contributed by atoms with E-state index in [2.05, 4.69) is 31.9 Å². The van der Waals surface area contributed by atoms with Gasteiger partial charge in [0, 0.05) is 27.9 Å². The van der Waals surface area contributed by atoms with Crippen molar-refractivity contribution in [3.05, 3.63) is 68.7 Å². The minimum absolute atomic E-state index is 0.0297. The van der Waals surface area contributed by atoms with E-state index in [0.717, 1.165) is 10.5 Å². The molecule has 0 heterocycles. The highest BCUT2D eigenvalue weighted by Crippen LogP contribution is 2.29.